The van der Waals surface area contributed by atoms with Gasteiger partial charge in [-0.05, 0) is 56.3 Å². The first-order valence-corrected chi connectivity index (χ1v) is 12.8. The quantitative estimate of drug-likeness (QED) is 0.361. The van der Waals surface area contributed by atoms with E-state index in [0.29, 0.717) is 13.0 Å². The van der Waals surface area contributed by atoms with Gasteiger partial charge < -0.3 is 25.0 Å². The molecule has 202 valence electrons. The number of nitrogens with one attached hydrogen (secondary N) is 2. The molecule has 0 bridgehead atoms. The maximum Gasteiger partial charge on any atom is 0.408 e. The minimum atomic E-state index is -0.994. The van der Waals surface area contributed by atoms with Crippen LogP contribution in [0.3, 0.4) is 0 Å². The lowest BCUT2D eigenvalue weighted by Gasteiger charge is -2.35. The standard InChI is InChI=1S/C26H41N3O7/c1-13(2)18(28-24(34)36-25(3,4)5)22(32)29-12-15-17(26(15,6)7)19(29)21(31)27-16(11-14-9-10-14)20(30)23(33)35-8/h13-19H,9-12H2,1-8H3,(H,27,31)(H,28,34). The van der Waals surface area contributed by atoms with E-state index < -0.39 is 47.5 Å². The predicted molar refractivity (Wildman–Crippen MR) is 131 cm³/mol. The molecule has 3 amide bonds. The third-order valence-corrected chi connectivity index (χ3v) is 7.65. The van der Waals surface area contributed by atoms with Crippen molar-refractivity contribution >= 4 is 29.7 Å². The number of esters is 1. The summed E-state index contributed by atoms with van der Waals surface area (Å²) in [5.41, 5.74) is -0.859. The third kappa shape index (κ3) is 6.00. The Balaban J connectivity index is 1.80. The third-order valence-electron chi connectivity index (χ3n) is 7.65. The number of carbonyl (C=O) groups excluding carboxylic acids is 5. The second-order valence-electron chi connectivity index (χ2n) is 12.4. The summed E-state index contributed by atoms with van der Waals surface area (Å²) in [5, 5.41) is 5.45. The van der Waals surface area contributed by atoms with Crippen LogP contribution < -0.4 is 10.6 Å². The first kappa shape index (κ1) is 27.9. The van der Waals surface area contributed by atoms with E-state index in [1.807, 2.05) is 13.8 Å². The molecule has 10 nitrogen and oxygen atoms in total. The molecule has 1 heterocycles. The van der Waals surface area contributed by atoms with Gasteiger partial charge in [0.25, 0.3) is 5.78 Å². The van der Waals surface area contributed by atoms with Crippen LogP contribution in [0.5, 0.6) is 0 Å². The SMILES string of the molecule is COC(=O)C(=O)C(CC1CC1)NC(=O)C1C2C(CN1C(=O)C(NC(=O)OC(C)(C)C)C(C)C)C2(C)C. The van der Waals surface area contributed by atoms with Gasteiger partial charge in [-0.3, -0.25) is 14.4 Å². The molecule has 5 unspecified atom stereocenters. The van der Waals surface area contributed by atoms with Gasteiger partial charge in [0.05, 0.1) is 13.2 Å². The summed E-state index contributed by atoms with van der Waals surface area (Å²) < 4.78 is 9.94. The highest BCUT2D eigenvalue weighted by Gasteiger charge is 2.69. The average molecular weight is 508 g/mol. The lowest BCUT2D eigenvalue weighted by molar-refractivity contribution is -0.153. The van der Waals surface area contributed by atoms with Crippen molar-refractivity contribution in [3.63, 3.8) is 0 Å². The Hall–Kier alpha value is -2.65. The smallest absolute Gasteiger partial charge is 0.408 e. The number of Topliss-reactive ketones (excluding diaryl/α,β-unsaturated/α-hetero) is 1. The fraction of sp³-hybridized carbons (Fsp3) is 0.808. The number of alkyl carbamates (subject to hydrolysis) is 1. The number of hydrogen-bond acceptors (Lipinski definition) is 7. The highest BCUT2D eigenvalue weighted by Crippen LogP contribution is 2.65. The van der Waals surface area contributed by atoms with Crippen LogP contribution in [-0.4, -0.2) is 71.9 Å². The second-order valence-corrected chi connectivity index (χ2v) is 12.4. The van der Waals surface area contributed by atoms with E-state index in [1.54, 1.807) is 20.8 Å². The number of hydrogen-bond donors (Lipinski definition) is 2. The molecule has 3 aliphatic rings. The Morgan fingerprint density at radius 1 is 1.06 bits per heavy atom. The van der Waals surface area contributed by atoms with Crippen LogP contribution in [-0.2, 0) is 28.7 Å². The van der Waals surface area contributed by atoms with E-state index >= 15 is 0 Å². The minimum absolute atomic E-state index is 0.0782. The van der Waals surface area contributed by atoms with E-state index in [-0.39, 0.29) is 35.0 Å². The molecule has 1 aliphatic heterocycles. The van der Waals surface area contributed by atoms with Crippen LogP contribution >= 0.6 is 0 Å². The van der Waals surface area contributed by atoms with E-state index in [2.05, 4.69) is 29.2 Å². The first-order valence-electron chi connectivity index (χ1n) is 12.8. The minimum Gasteiger partial charge on any atom is -0.463 e. The number of methoxy groups -OCH3 is 1. The Morgan fingerprint density at radius 3 is 2.17 bits per heavy atom. The zero-order valence-corrected chi connectivity index (χ0v) is 22.7. The van der Waals surface area contributed by atoms with Gasteiger partial charge in [0, 0.05) is 6.54 Å². The zero-order valence-electron chi connectivity index (χ0n) is 22.7. The lowest BCUT2D eigenvalue weighted by Crippen LogP contribution is -2.59. The van der Waals surface area contributed by atoms with Gasteiger partial charge in [0.15, 0.2) is 0 Å². The maximum atomic E-state index is 13.7. The van der Waals surface area contributed by atoms with Crippen molar-refractivity contribution in [2.75, 3.05) is 13.7 Å². The fourth-order valence-corrected chi connectivity index (χ4v) is 5.36. The monoisotopic (exact) mass is 507 g/mol. The topological polar surface area (TPSA) is 131 Å². The van der Waals surface area contributed by atoms with Crippen LogP contribution in [0.15, 0.2) is 0 Å². The molecular formula is C26H41N3O7. The van der Waals surface area contributed by atoms with Gasteiger partial charge in [-0.25, -0.2) is 9.59 Å². The van der Waals surface area contributed by atoms with Gasteiger partial charge in [-0.15, -0.1) is 0 Å². The highest BCUT2D eigenvalue weighted by atomic mass is 16.6. The molecule has 0 aromatic rings. The molecule has 3 rings (SSSR count). The molecule has 1 saturated heterocycles. The summed E-state index contributed by atoms with van der Waals surface area (Å²) in [6, 6.07) is -2.67. The summed E-state index contributed by atoms with van der Waals surface area (Å²) >= 11 is 0. The number of carbonyl (C=O) groups is 5. The van der Waals surface area contributed by atoms with Gasteiger partial charge >= 0.3 is 12.1 Å². The summed E-state index contributed by atoms with van der Waals surface area (Å²) in [5.74, 6) is -2.52. The van der Waals surface area contributed by atoms with Gasteiger partial charge in [0.2, 0.25) is 11.8 Å². The van der Waals surface area contributed by atoms with Crippen molar-refractivity contribution in [2.45, 2.75) is 91.5 Å². The fourth-order valence-electron chi connectivity index (χ4n) is 5.36. The van der Waals surface area contributed by atoms with E-state index in [4.69, 9.17) is 4.74 Å². The molecule has 0 radical (unpaired) electrons. The zero-order chi connectivity index (χ0) is 27.2. The molecule has 5 atom stereocenters. The summed E-state index contributed by atoms with van der Waals surface area (Å²) in [4.78, 5) is 65.8. The molecule has 0 aromatic carbocycles. The molecule has 2 N–H and O–H groups in total. The summed E-state index contributed by atoms with van der Waals surface area (Å²) in [6.07, 6.45) is 1.55. The van der Waals surface area contributed by atoms with Crippen LogP contribution in [0.25, 0.3) is 0 Å². The predicted octanol–water partition coefficient (Wildman–Crippen LogP) is 2.05. The Morgan fingerprint density at radius 2 is 1.67 bits per heavy atom. The number of fused-ring (bicyclic) bond motifs is 1. The Labute approximate surface area is 213 Å². The van der Waals surface area contributed by atoms with Crippen molar-refractivity contribution in [3.05, 3.63) is 0 Å². The number of amides is 3. The number of ketones is 1. The number of ether oxygens (including phenoxy) is 2. The van der Waals surface area contributed by atoms with Crippen LogP contribution in [0.1, 0.15) is 67.7 Å². The average Bonchev–Trinajstić information content (AvgIpc) is 3.61. The number of nitrogens with zero attached hydrogens (tertiary/aromatic N) is 1. The van der Waals surface area contributed by atoms with Crippen LogP contribution in [0.2, 0.25) is 0 Å². The molecule has 3 fully saturated rings. The van der Waals surface area contributed by atoms with Crippen LogP contribution in [0, 0.1) is 29.1 Å². The molecular weight excluding hydrogens is 466 g/mol. The van der Waals surface area contributed by atoms with Crippen molar-refractivity contribution < 1.29 is 33.4 Å². The summed E-state index contributed by atoms with van der Waals surface area (Å²) in [7, 11) is 1.13. The van der Waals surface area contributed by atoms with Crippen LogP contribution in [0.4, 0.5) is 4.79 Å². The molecule has 0 spiro atoms. The Kier molecular flexibility index (Phi) is 7.77. The van der Waals surface area contributed by atoms with Crippen molar-refractivity contribution in [1.29, 1.82) is 0 Å². The number of rotatable bonds is 9. The molecule has 36 heavy (non-hydrogen) atoms. The number of piperidine rings is 1. The van der Waals surface area contributed by atoms with E-state index in [1.165, 1.54) is 4.90 Å². The van der Waals surface area contributed by atoms with Crippen molar-refractivity contribution in [1.82, 2.24) is 15.5 Å². The molecule has 0 aromatic heterocycles. The second kappa shape index (κ2) is 10.0. The molecule has 2 saturated carbocycles. The maximum absolute atomic E-state index is 13.7. The summed E-state index contributed by atoms with van der Waals surface area (Å²) in [6.45, 7) is 13.4. The Bertz CT molecular complexity index is 919. The number of likely N-dealkylation sites (tertiary alicyclic amines) is 1. The lowest BCUT2D eigenvalue weighted by atomic mass is 9.96. The van der Waals surface area contributed by atoms with Gasteiger partial charge in [0.1, 0.15) is 17.7 Å². The molecule has 10 heteroatoms. The van der Waals surface area contributed by atoms with E-state index in [9.17, 15) is 24.0 Å². The van der Waals surface area contributed by atoms with E-state index in [0.717, 1.165) is 20.0 Å². The molecule has 2 aliphatic carbocycles. The first-order chi connectivity index (χ1) is 16.6. The largest absolute Gasteiger partial charge is 0.463 e. The van der Waals surface area contributed by atoms with Gasteiger partial charge in [-0.2, -0.15) is 0 Å². The van der Waals surface area contributed by atoms with Crippen molar-refractivity contribution in [2.24, 2.45) is 29.1 Å². The normalized spacial score (nSPS) is 25.9. The van der Waals surface area contributed by atoms with Gasteiger partial charge in [-0.1, -0.05) is 40.5 Å². The highest BCUT2D eigenvalue weighted by molar-refractivity contribution is 6.36. The van der Waals surface area contributed by atoms with Crippen molar-refractivity contribution in [3.8, 4) is 0 Å².